The highest BCUT2D eigenvalue weighted by molar-refractivity contribution is 5.29. The Balaban J connectivity index is 2.95. The summed E-state index contributed by atoms with van der Waals surface area (Å²) in [5.41, 5.74) is 6.93. The number of ether oxygens (including phenoxy) is 1. The van der Waals surface area contributed by atoms with Gasteiger partial charge in [-0.3, -0.25) is 0 Å². The molecule has 0 aromatic carbocycles. The lowest BCUT2D eigenvalue weighted by Gasteiger charge is -2.09. The largest absolute Gasteiger partial charge is 0.481 e. The fourth-order valence-corrected chi connectivity index (χ4v) is 1.12. The molecule has 1 aromatic rings. The van der Waals surface area contributed by atoms with Crippen LogP contribution in [0.25, 0.3) is 0 Å². The summed E-state index contributed by atoms with van der Waals surface area (Å²) in [6.45, 7) is 2.08. The van der Waals surface area contributed by atoms with Crippen LogP contribution in [0, 0.1) is 6.92 Å². The molecule has 0 aliphatic heterocycles. The van der Waals surface area contributed by atoms with Crippen molar-refractivity contribution in [2.24, 2.45) is 5.73 Å². The van der Waals surface area contributed by atoms with Crippen molar-refractivity contribution in [2.75, 3.05) is 13.7 Å². The Morgan fingerprint density at radius 3 is 2.85 bits per heavy atom. The van der Waals surface area contributed by atoms with E-state index in [0.717, 1.165) is 11.1 Å². The third kappa shape index (κ3) is 2.17. The van der Waals surface area contributed by atoms with Crippen molar-refractivity contribution in [3.05, 3.63) is 23.4 Å². The summed E-state index contributed by atoms with van der Waals surface area (Å²) < 4.78 is 4.99. The van der Waals surface area contributed by atoms with Gasteiger partial charge in [-0.2, -0.15) is 0 Å². The monoisotopic (exact) mass is 182 g/mol. The zero-order valence-corrected chi connectivity index (χ0v) is 7.82. The second-order valence-corrected chi connectivity index (χ2v) is 2.85. The number of nitrogens with two attached hydrogens (primary N) is 1. The molecular weight excluding hydrogens is 168 g/mol. The van der Waals surface area contributed by atoms with Crippen molar-refractivity contribution < 1.29 is 9.84 Å². The Kier molecular flexibility index (Phi) is 3.22. The molecular formula is C9H14N2O2. The first-order valence-corrected chi connectivity index (χ1v) is 4.07. The summed E-state index contributed by atoms with van der Waals surface area (Å²) in [6, 6.07) is 1.82. The summed E-state index contributed by atoms with van der Waals surface area (Å²) in [4.78, 5) is 4.03. The molecule has 13 heavy (non-hydrogen) atoms. The van der Waals surface area contributed by atoms with E-state index < -0.39 is 6.10 Å². The smallest absolute Gasteiger partial charge is 0.215 e. The van der Waals surface area contributed by atoms with Gasteiger partial charge in [-0.25, -0.2) is 4.98 Å². The van der Waals surface area contributed by atoms with E-state index in [9.17, 15) is 5.11 Å². The van der Waals surface area contributed by atoms with E-state index >= 15 is 0 Å². The molecule has 0 aliphatic carbocycles. The molecule has 4 heteroatoms. The molecule has 1 rings (SSSR count). The molecule has 1 heterocycles. The van der Waals surface area contributed by atoms with Crippen LogP contribution in [0.1, 0.15) is 17.2 Å². The molecule has 0 fully saturated rings. The normalized spacial score (nSPS) is 12.6. The van der Waals surface area contributed by atoms with Crippen LogP contribution in [0.2, 0.25) is 0 Å². The van der Waals surface area contributed by atoms with Gasteiger partial charge >= 0.3 is 0 Å². The van der Waals surface area contributed by atoms with Gasteiger partial charge < -0.3 is 15.6 Å². The maximum absolute atomic E-state index is 9.41. The van der Waals surface area contributed by atoms with Gasteiger partial charge in [0.25, 0.3) is 0 Å². The van der Waals surface area contributed by atoms with Crippen LogP contribution in [0.4, 0.5) is 0 Å². The highest BCUT2D eigenvalue weighted by Crippen LogP contribution is 2.18. The molecule has 0 aliphatic rings. The van der Waals surface area contributed by atoms with Gasteiger partial charge in [0.05, 0.1) is 13.2 Å². The summed E-state index contributed by atoms with van der Waals surface area (Å²) in [6.07, 6.45) is 0.931. The van der Waals surface area contributed by atoms with E-state index in [1.165, 1.54) is 0 Å². The van der Waals surface area contributed by atoms with E-state index in [-0.39, 0.29) is 6.54 Å². The highest BCUT2D eigenvalue weighted by Gasteiger charge is 2.07. The molecule has 3 N–H and O–H groups in total. The molecule has 0 saturated heterocycles. The number of pyridine rings is 1. The number of hydrogen-bond donors (Lipinski definition) is 2. The van der Waals surface area contributed by atoms with E-state index in [1.54, 1.807) is 13.3 Å². The molecule has 1 aromatic heterocycles. The summed E-state index contributed by atoms with van der Waals surface area (Å²) in [7, 11) is 1.56. The van der Waals surface area contributed by atoms with Crippen molar-refractivity contribution in [3.8, 4) is 5.88 Å². The second kappa shape index (κ2) is 4.20. The third-order valence-corrected chi connectivity index (χ3v) is 1.85. The van der Waals surface area contributed by atoms with Gasteiger partial charge in [-0.15, -0.1) is 0 Å². The maximum Gasteiger partial charge on any atom is 0.215 e. The zero-order chi connectivity index (χ0) is 9.84. The van der Waals surface area contributed by atoms with Crippen LogP contribution in [0.3, 0.4) is 0 Å². The Labute approximate surface area is 77.4 Å². The zero-order valence-electron chi connectivity index (χ0n) is 7.82. The van der Waals surface area contributed by atoms with Crippen molar-refractivity contribution in [3.63, 3.8) is 0 Å². The molecule has 0 bridgehead atoms. The topological polar surface area (TPSA) is 68.4 Å². The average molecular weight is 182 g/mol. The Bertz CT molecular complexity index is 289. The first kappa shape index (κ1) is 9.95. The van der Waals surface area contributed by atoms with E-state index in [1.807, 2.05) is 13.0 Å². The molecule has 0 saturated carbocycles. The maximum atomic E-state index is 9.41. The van der Waals surface area contributed by atoms with Gasteiger partial charge in [0, 0.05) is 23.9 Å². The molecule has 0 unspecified atom stereocenters. The minimum atomic E-state index is -0.642. The molecule has 72 valence electrons. The lowest BCUT2D eigenvalue weighted by atomic mass is 10.1. The van der Waals surface area contributed by atoms with Crippen molar-refractivity contribution in [1.82, 2.24) is 4.98 Å². The van der Waals surface area contributed by atoms with Crippen LogP contribution in [0.5, 0.6) is 5.88 Å². The second-order valence-electron chi connectivity index (χ2n) is 2.85. The lowest BCUT2D eigenvalue weighted by molar-refractivity contribution is 0.186. The minimum absolute atomic E-state index is 0.202. The standard InChI is InChI=1S/C9H14N2O2/c1-6-3-7(8(12)4-10)5-11-9(6)13-2/h3,5,8,12H,4,10H2,1-2H3/t8-/m1/s1. The quantitative estimate of drug-likeness (QED) is 0.709. The van der Waals surface area contributed by atoms with Crippen LogP contribution in [0.15, 0.2) is 12.3 Å². The predicted octanol–water partition coefficient (Wildman–Crippen LogP) is 0.391. The predicted molar refractivity (Wildman–Crippen MR) is 49.5 cm³/mol. The first-order valence-electron chi connectivity index (χ1n) is 4.07. The van der Waals surface area contributed by atoms with Crippen LogP contribution < -0.4 is 10.5 Å². The van der Waals surface area contributed by atoms with Crippen LogP contribution in [-0.2, 0) is 0 Å². The van der Waals surface area contributed by atoms with Crippen molar-refractivity contribution in [2.45, 2.75) is 13.0 Å². The fraction of sp³-hybridized carbons (Fsp3) is 0.444. The first-order chi connectivity index (χ1) is 6.19. The van der Waals surface area contributed by atoms with Gasteiger partial charge in [0.2, 0.25) is 5.88 Å². The van der Waals surface area contributed by atoms with Gasteiger partial charge in [-0.1, -0.05) is 0 Å². The number of methoxy groups -OCH3 is 1. The van der Waals surface area contributed by atoms with Gasteiger partial charge in [-0.05, 0) is 13.0 Å². The number of rotatable bonds is 3. The molecule has 0 radical (unpaired) electrons. The van der Waals surface area contributed by atoms with Gasteiger partial charge in [0.1, 0.15) is 0 Å². The minimum Gasteiger partial charge on any atom is -0.481 e. The van der Waals surface area contributed by atoms with Crippen LogP contribution in [-0.4, -0.2) is 23.7 Å². The van der Waals surface area contributed by atoms with Crippen LogP contribution >= 0.6 is 0 Å². The lowest BCUT2D eigenvalue weighted by Crippen LogP contribution is -2.12. The number of aromatic nitrogens is 1. The Hall–Kier alpha value is -1.13. The summed E-state index contributed by atoms with van der Waals surface area (Å²) in [5.74, 6) is 0.577. The number of nitrogens with zero attached hydrogens (tertiary/aromatic N) is 1. The summed E-state index contributed by atoms with van der Waals surface area (Å²) in [5, 5.41) is 9.41. The van der Waals surface area contributed by atoms with Gasteiger partial charge in [0.15, 0.2) is 0 Å². The van der Waals surface area contributed by atoms with Crippen molar-refractivity contribution in [1.29, 1.82) is 0 Å². The number of aliphatic hydroxyl groups is 1. The molecule has 0 spiro atoms. The van der Waals surface area contributed by atoms with E-state index in [0.29, 0.717) is 5.88 Å². The summed E-state index contributed by atoms with van der Waals surface area (Å²) >= 11 is 0. The number of hydrogen-bond acceptors (Lipinski definition) is 4. The SMILES string of the molecule is COc1ncc([C@H](O)CN)cc1C. The molecule has 4 nitrogen and oxygen atoms in total. The fourth-order valence-electron chi connectivity index (χ4n) is 1.12. The Morgan fingerprint density at radius 1 is 1.69 bits per heavy atom. The third-order valence-electron chi connectivity index (χ3n) is 1.85. The van der Waals surface area contributed by atoms with Crippen molar-refractivity contribution >= 4 is 0 Å². The van der Waals surface area contributed by atoms with E-state index in [4.69, 9.17) is 10.5 Å². The highest BCUT2D eigenvalue weighted by atomic mass is 16.5. The number of aryl methyl sites for hydroxylation is 1. The average Bonchev–Trinajstić information content (AvgIpc) is 2.16. The number of aliphatic hydroxyl groups excluding tert-OH is 1. The molecule has 1 atom stereocenters. The van der Waals surface area contributed by atoms with E-state index in [2.05, 4.69) is 4.98 Å². The molecule has 0 amide bonds. The Morgan fingerprint density at radius 2 is 2.38 bits per heavy atom.